The molecule has 2 heterocycles. The Balaban J connectivity index is 1.55. The van der Waals surface area contributed by atoms with Crippen molar-refractivity contribution in [2.75, 3.05) is 13.2 Å². The lowest BCUT2D eigenvalue weighted by atomic mass is 10.1. The molecule has 0 bridgehead atoms. The van der Waals surface area contributed by atoms with Crippen LogP contribution in [0.3, 0.4) is 0 Å². The summed E-state index contributed by atoms with van der Waals surface area (Å²) < 4.78 is 5.56. The van der Waals surface area contributed by atoms with Crippen LogP contribution in [-0.4, -0.2) is 28.9 Å². The van der Waals surface area contributed by atoms with Crippen LogP contribution in [0.2, 0.25) is 0 Å². The molecular formula is C23H22N2O2. The fourth-order valence-corrected chi connectivity index (χ4v) is 3.38. The second-order valence-electron chi connectivity index (χ2n) is 6.74. The second-order valence-corrected chi connectivity index (χ2v) is 6.74. The maximum absolute atomic E-state index is 13.2. The van der Waals surface area contributed by atoms with Crippen LogP contribution in [0.4, 0.5) is 0 Å². The van der Waals surface area contributed by atoms with E-state index in [1.54, 1.807) is 6.20 Å². The Kier molecular flexibility index (Phi) is 5.15. The summed E-state index contributed by atoms with van der Waals surface area (Å²) in [5.41, 5.74) is 4.09. The maximum atomic E-state index is 13.2. The van der Waals surface area contributed by atoms with Gasteiger partial charge in [0.2, 0.25) is 0 Å². The number of pyridine rings is 1. The molecule has 4 nitrogen and oxygen atoms in total. The Morgan fingerprint density at radius 3 is 2.70 bits per heavy atom. The van der Waals surface area contributed by atoms with Gasteiger partial charge in [0.25, 0.3) is 5.91 Å². The topological polar surface area (TPSA) is 42.4 Å². The molecule has 0 aliphatic carbocycles. The molecule has 27 heavy (non-hydrogen) atoms. The van der Waals surface area contributed by atoms with Crippen molar-refractivity contribution < 1.29 is 9.53 Å². The molecule has 0 spiro atoms. The van der Waals surface area contributed by atoms with Gasteiger partial charge in [-0.15, -0.1) is 0 Å². The molecule has 1 aliphatic rings. The van der Waals surface area contributed by atoms with E-state index >= 15 is 0 Å². The van der Waals surface area contributed by atoms with Crippen molar-refractivity contribution in [1.29, 1.82) is 0 Å². The summed E-state index contributed by atoms with van der Waals surface area (Å²) in [6.07, 6.45) is 5.25. The van der Waals surface area contributed by atoms with Gasteiger partial charge in [-0.25, -0.2) is 0 Å². The highest BCUT2D eigenvalue weighted by atomic mass is 16.5. The summed E-state index contributed by atoms with van der Waals surface area (Å²) in [4.78, 5) is 19.3. The first-order chi connectivity index (χ1) is 13.3. The Morgan fingerprint density at radius 2 is 1.89 bits per heavy atom. The third-order valence-electron chi connectivity index (χ3n) is 4.83. The standard InChI is InChI=1S/C23H22N2O2/c26-23(21-8-9-22-20(15-21)11-14-27-22)25(17-19-7-4-12-24-16-19)13-10-18-5-2-1-3-6-18/h1-9,12,15-16H,10-11,13-14,17H2. The van der Waals surface area contributed by atoms with Crippen molar-refractivity contribution >= 4 is 5.91 Å². The molecule has 1 aliphatic heterocycles. The molecule has 1 aromatic heterocycles. The molecule has 3 aromatic rings. The minimum absolute atomic E-state index is 0.0458. The number of carbonyl (C=O) groups is 1. The number of aromatic nitrogens is 1. The minimum atomic E-state index is 0.0458. The van der Waals surface area contributed by atoms with Crippen molar-refractivity contribution in [2.45, 2.75) is 19.4 Å². The third-order valence-corrected chi connectivity index (χ3v) is 4.83. The predicted octanol–water partition coefficient (Wildman–Crippen LogP) is 3.90. The quantitative estimate of drug-likeness (QED) is 0.671. The van der Waals surface area contributed by atoms with Gasteiger partial charge >= 0.3 is 0 Å². The Morgan fingerprint density at radius 1 is 1.04 bits per heavy atom. The van der Waals surface area contributed by atoms with E-state index in [4.69, 9.17) is 4.74 Å². The normalized spacial score (nSPS) is 12.3. The molecule has 4 heteroatoms. The van der Waals surface area contributed by atoms with Gasteiger partial charge in [0, 0.05) is 37.5 Å². The van der Waals surface area contributed by atoms with E-state index in [0.717, 1.165) is 35.3 Å². The average Bonchev–Trinajstić information content (AvgIpc) is 3.20. The van der Waals surface area contributed by atoms with Gasteiger partial charge in [0.05, 0.1) is 6.61 Å². The van der Waals surface area contributed by atoms with Gasteiger partial charge in [0.1, 0.15) is 5.75 Å². The van der Waals surface area contributed by atoms with Crippen LogP contribution in [0.25, 0.3) is 0 Å². The van der Waals surface area contributed by atoms with Gasteiger partial charge < -0.3 is 9.64 Å². The van der Waals surface area contributed by atoms with Crippen molar-refractivity contribution in [3.05, 3.63) is 95.3 Å². The van der Waals surface area contributed by atoms with Crippen LogP contribution in [-0.2, 0) is 19.4 Å². The van der Waals surface area contributed by atoms with E-state index in [-0.39, 0.29) is 5.91 Å². The summed E-state index contributed by atoms with van der Waals surface area (Å²) >= 11 is 0. The summed E-state index contributed by atoms with van der Waals surface area (Å²) in [6, 6.07) is 19.9. The van der Waals surface area contributed by atoms with Crippen molar-refractivity contribution in [2.24, 2.45) is 0 Å². The van der Waals surface area contributed by atoms with Gasteiger partial charge in [-0.05, 0) is 47.4 Å². The van der Waals surface area contributed by atoms with Crippen molar-refractivity contribution in [3.8, 4) is 5.75 Å². The molecule has 0 unspecified atom stereocenters. The number of hydrogen-bond acceptors (Lipinski definition) is 3. The molecule has 0 radical (unpaired) electrons. The third kappa shape index (κ3) is 4.17. The number of amides is 1. The molecule has 4 rings (SSSR count). The Hall–Kier alpha value is -3.14. The molecule has 0 saturated heterocycles. The SMILES string of the molecule is O=C(c1ccc2c(c1)CCO2)N(CCc1ccccc1)Cc1cccnc1. The van der Waals surface area contributed by atoms with Crippen LogP contribution >= 0.6 is 0 Å². The second kappa shape index (κ2) is 8.04. The lowest BCUT2D eigenvalue weighted by Crippen LogP contribution is -2.32. The zero-order valence-corrected chi connectivity index (χ0v) is 15.2. The molecule has 0 fully saturated rings. The maximum Gasteiger partial charge on any atom is 0.254 e. The van der Waals surface area contributed by atoms with Crippen LogP contribution < -0.4 is 4.74 Å². The highest BCUT2D eigenvalue weighted by molar-refractivity contribution is 5.94. The molecule has 1 amide bonds. The summed E-state index contributed by atoms with van der Waals surface area (Å²) in [6.45, 7) is 1.90. The van der Waals surface area contributed by atoms with E-state index in [2.05, 4.69) is 17.1 Å². The summed E-state index contributed by atoms with van der Waals surface area (Å²) in [7, 11) is 0. The first kappa shape index (κ1) is 17.3. The van der Waals surface area contributed by atoms with Crippen LogP contribution in [0.1, 0.15) is 27.0 Å². The highest BCUT2D eigenvalue weighted by Gasteiger charge is 2.20. The fourth-order valence-electron chi connectivity index (χ4n) is 3.38. The highest BCUT2D eigenvalue weighted by Crippen LogP contribution is 2.26. The summed E-state index contributed by atoms with van der Waals surface area (Å²) in [5, 5.41) is 0. The average molecular weight is 358 g/mol. The largest absolute Gasteiger partial charge is 0.493 e. The number of benzene rings is 2. The first-order valence-electron chi connectivity index (χ1n) is 9.27. The monoisotopic (exact) mass is 358 g/mol. The molecule has 2 aromatic carbocycles. The van der Waals surface area contributed by atoms with Crippen molar-refractivity contribution in [3.63, 3.8) is 0 Å². The molecule has 0 saturated carbocycles. The molecule has 136 valence electrons. The molecule has 0 atom stereocenters. The van der Waals surface area contributed by atoms with E-state index < -0.39 is 0 Å². The fraction of sp³-hybridized carbons (Fsp3) is 0.217. The van der Waals surface area contributed by atoms with Crippen LogP contribution in [0, 0.1) is 0 Å². The zero-order valence-electron chi connectivity index (χ0n) is 15.2. The van der Waals surface area contributed by atoms with Gasteiger partial charge in [-0.2, -0.15) is 0 Å². The smallest absolute Gasteiger partial charge is 0.254 e. The predicted molar refractivity (Wildman–Crippen MR) is 105 cm³/mol. The number of hydrogen-bond donors (Lipinski definition) is 0. The lowest BCUT2D eigenvalue weighted by molar-refractivity contribution is 0.0745. The van der Waals surface area contributed by atoms with Crippen molar-refractivity contribution in [1.82, 2.24) is 9.88 Å². The van der Waals surface area contributed by atoms with Crippen LogP contribution in [0.15, 0.2) is 73.1 Å². The summed E-state index contributed by atoms with van der Waals surface area (Å²) in [5.74, 6) is 0.944. The number of rotatable bonds is 6. The van der Waals surface area contributed by atoms with E-state index in [1.807, 2.05) is 59.6 Å². The molecule has 0 N–H and O–H groups in total. The van der Waals surface area contributed by atoms with Gasteiger partial charge in [-0.1, -0.05) is 36.4 Å². The number of carbonyl (C=O) groups excluding carboxylic acids is 1. The van der Waals surface area contributed by atoms with Gasteiger partial charge in [0.15, 0.2) is 0 Å². The Labute approximate surface area is 159 Å². The number of nitrogens with zero attached hydrogens (tertiary/aromatic N) is 2. The zero-order chi connectivity index (χ0) is 18.5. The van der Waals surface area contributed by atoms with Gasteiger partial charge in [-0.3, -0.25) is 9.78 Å². The number of fused-ring (bicyclic) bond motifs is 1. The Bertz CT molecular complexity index is 910. The van der Waals surface area contributed by atoms with E-state index in [0.29, 0.717) is 19.7 Å². The van der Waals surface area contributed by atoms with E-state index in [9.17, 15) is 4.79 Å². The van der Waals surface area contributed by atoms with Crippen LogP contribution in [0.5, 0.6) is 5.75 Å². The lowest BCUT2D eigenvalue weighted by Gasteiger charge is -2.23. The first-order valence-corrected chi connectivity index (χ1v) is 9.27. The van der Waals surface area contributed by atoms with E-state index in [1.165, 1.54) is 5.56 Å². The number of ether oxygens (including phenoxy) is 1. The molecular weight excluding hydrogens is 336 g/mol. The minimum Gasteiger partial charge on any atom is -0.493 e.